The van der Waals surface area contributed by atoms with Crippen molar-refractivity contribution in [1.82, 2.24) is 14.9 Å². The van der Waals surface area contributed by atoms with E-state index in [9.17, 15) is 0 Å². The van der Waals surface area contributed by atoms with Crippen LogP contribution in [0.3, 0.4) is 0 Å². The van der Waals surface area contributed by atoms with Crippen LogP contribution >= 0.6 is 11.6 Å². The van der Waals surface area contributed by atoms with Gasteiger partial charge < -0.3 is 4.74 Å². The standard InChI is InChI=1S/C12H20ClN3O/c1-9(2)16(10(3)4)5-6-17-12-7-11(13)14-8-15-12/h7-10H,5-6H2,1-4H3. The molecule has 1 aromatic heterocycles. The third-order valence-electron chi connectivity index (χ3n) is 2.53. The highest BCUT2D eigenvalue weighted by Gasteiger charge is 2.12. The molecule has 1 heterocycles. The Labute approximate surface area is 108 Å². The Balaban J connectivity index is 2.41. The van der Waals surface area contributed by atoms with Crippen LogP contribution in [0.1, 0.15) is 27.7 Å². The van der Waals surface area contributed by atoms with E-state index in [1.807, 2.05) is 0 Å². The van der Waals surface area contributed by atoms with Gasteiger partial charge >= 0.3 is 0 Å². The van der Waals surface area contributed by atoms with Crippen molar-refractivity contribution in [3.63, 3.8) is 0 Å². The zero-order valence-corrected chi connectivity index (χ0v) is 11.6. The maximum atomic E-state index is 5.75. The Morgan fingerprint density at radius 3 is 2.41 bits per heavy atom. The molecular formula is C12H20ClN3O. The van der Waals surface area contributed by atoms with Gasteiger partial charge in [-0.3, -0.25) is 4.90 Å². The van der Waals surface area contributed by atoms with Crippen molar-refractivity contribution in [2.24, 2.45) is 0 Å². The summed E-state index contributed by atoms with van der Waals surface area (Å²) < 4.78 is 5.54. The highest BCUT2D eigenvalue weighted by Crippen LogP contribution is 2.11. The minimum atomic E-state index is 0.402. The van der Waals surface area contributed by atoms with Crippen LogP contribution in [0.2, 0.25) is 5.15 Å². The van der Waals surface area contributed by atoms with Crippen molar-refractivity contribution < 1.29 is 4.74 Å². The van der Waals surface area contributed by atoms with Gasteiger partial charge in [0.25, 0.3) is 0 Å². The van der Waals surface area contributed by atoms with E-state index in [4.69, 9.17) is 16.3 Å². The van der Waals surface area contributed by atoms with E-state index >= 15 is 0 Å². The number of hydrogen-bond donors (Lipinski definition) is 0. The lowest BCUT2D eigenvalue weighted by Gasteiger charge is -2.30. The summed E-state index contributed by atoms with van der Waals surface area (Å²) in [4.78, 5) is 10.2. The van der Waals surface area contributed by atoms with Crippen LogP contribution in [0.25, 0.3) is 0 Å². The van der Waals surface area contributed by atoms with Gasteiger partial charge in [-0.05, 0) is 27.7 Å². The molecule has 0 saturated heterocycles. The van der Waals surface area contributed by atoms with Gasteiger partial charge in [0.15, 0.2) is 0 Å². The Morgan fingerprint density at radius 1 is 1.24 bits per heavy atom. The van der Waals surface area contributed by atoms with Gasteiger partial charge in [-0.15, -0.1) is 0 Å². The van der Waals surface area contributed by atoms with Gasteiger partial charge in [-0.1, -0.05) is 11.6 Å². The fraction of sp³-hybridized carbons (Fsp3) is 0.667. The minimum absolute atomic E-state index is 0.402. The lowest BCUT2D eigenvalue weighted by molar-refractivity contribution is 0.140. The van der Waals surface area contributed by atoms with Crippen molar-refractivity contribution in [1.29, 1.82) is 0 Å². The maximum Gasteiger partial charge on any atom is 0.217 e. The number of hydrogen-bond acceptors (Lipinski definition) is 4. The first kappa shape index (κ1) is 14.2. The molecule has 0 aliphatic carbocycles. The summed E-state index contributed by atoms with van der Waals surface area (Å²) in [5.74, 6) is 0.525. The molecule has 0 atom stereocenters. The van der Waals surface area contributed by atoms with E-state index in [0.717, 1.165) is 6.54 Å². The van der Waals surface area contributed by atoms with E-state index in [1.54, 1.807) is 6.07 Å². The van der Waals surface area contributed by atoms with Crippen LogP contribution in [-0.4, -0.2) is 40.1 Å². The smallest absolute Gasteiger partial charge is 0.217 e. The molecule has 4 nitrogen and oxygen atoms in total. The second-order valence-corrected chi connectivity index (χ2v) is 4.84. The van der Waals surface area contributed by atoms with Crippen LogP contribution in [0, 0.1) is 0 Å². The van der Waals surface area contributed by atoms with E-state index in [-0.39, 0.29) is 0 Å². The highest BCUT2D eigenvalue weighted by molar-refractivity contribution is 6.29. The minimum Gasteiger partial charge on any atom is -0.476 e. The van der Waals surface area contributed by atoms with Gasteiger partial charge in [-0.2, -0.15) is 0 Å². The van der Waals surface area contributed by atoms with Gasteiger partial charge in [0.2, 0.25) is 5.88 Å². The molecule has 0 N–H and O–H groups in total. The molecule has 0 bridgehead atoms. The molecule has 17 heavy (non-hydrogen) atoms. The molecule has 5 heteroatoms. The van der Waals surface area contributed by atoms with E-state index in [1.165, 1.54) is 6.33 Å². The molecule has 0 unspecified atom stereocenters. The van der Waals surface area contributed by atoms with Crippen molar-refractivity contribution in [2.75, 3.05) is 13.2 Å². The summed E-state index contributed by atoms with van der Waals surface area (Å²) in [5, 5.41) is 0.402. The summed E-state index contributed by atoms with van der Waals surface area (Å²) in [6.07, 6.45) is 1.40. The maximum absolute atomic E-state index is 5.75. The van der Waals surface area contributed by atoms with Gasteiger partial charge in [-0.25, -0.2) is 9.97 Å². The number of halogens is 1. The van der Waals surface area contributed by atoms with Gasteiger partial charge in [0.05, 0.1) is 0 Å². The van der Waals surface area contributed by atoms with Crippen LogP contribution in [0.4, 0.5) is 0 Å². The second-order valence-electron chi connectivity index (χ2n) is 4.45. The summed E-state index contributed by atoms with van der Waals surface area (Å²) in [7, 11) is 0. The van der Waals surface area contributed by atoms with Crippen LogP contribution in [-0.2, 0) is 0 Å². The largest absolute Gasteiger partial charge is 0.476 e. The number of rotatable bonds is 6. The van der Waals surface area contributed by atoms with E-state index in [2.05, 4.69) is 42.6 Å². The van der Waals surface area contributed by atoms with E-state index in [0.29, 0.717) is 29.7 Å². The highest BCUT2D eigenvalue weighted by atomic mass is 35.5. The summed E-state index contributed by atoms with van der Waals surface area (Å²) >= 11 is 5.75. The number of aromatic nitrogens is 2. The zero-order chi connectivity index (χ0) is 12.8. The topological polar surface area (TPSA) is 38.2 Å². The third-order valence-corrected chi connectivity index (χ3v) is 2.74. The average molecular weight is 258 g/mol. The fourth-order valence-corrected chi connectivity index (χ4v) is 1.90. The molecule has 0 radical (unpaired) electrons. The monoisotopic (exact) mass is 257 g/mol. The lowest BCUT2D eigenvalue weighted by atomic mass is 10.2. The normalized spacial score (nSPS) is 11.5. The van der Waals surface area contributed by atoms with Crippen molar-refractivity contribution in [2.45, 2.75) is 39.8 Å². The van der Waals surface area contributed by atoms with Crippen LogP contribution in [0.15, 0.2) is 12.4 Å². The average Bonchev–Trinajstić information content (AvgIpc) is 2.23. The molecule has 0 spiro atoms. The summed E-state index contributed by atoms with van der Waals surface area (Å²) in [6.45, 7) is 10.2. The van der Waals surface area contributed by atoms with E-state index < -0.39 is 0 Å². The Kier molecular flexibility index (Phi) is 5.65. The fourth-order valence-electron chi connectivity index (χ4n) is 1.76. The van der Waals surface area contributed by atoms with Crippen LogP contribution in [0.5, 0.6) is 5.88 Å². The molecule has 1 aromatic rings. The molecule has 96 valence electrons. The summed E-state index contributed by atoms with van der Waals surface area (Å²) in [5.41, 5.74) is 0. The SMILES string of the molecule is CC(C)N(CCOc1cc(Cl)ncn1)C(C)C. The summed E-state index contributed by atoms with van der Waals surface area (Å²) in [6, 6.07) is 2.64. The molecule has 0 saturated carbocycles. The third kappa shape index (κ3) is 4.88. The first-order valence-electron chi connectivity index (χ1n) is 5.86. The van der Waals surface area contributed by atoms with Gasteiger partial charge in [0, 0.05) is 24.7 Å². The van der Waals surface area contributed by atoms with Crippen LogP contribution < -0.4 is 4.74 Å². The predicted octanol–water partition coefficient (Wildman–Crippen LogP) is 2.63. The first-order valence-corrected chi connectivity index (χ1v) is 6.24. The molecule has 1 rings (SSSR count). The molecule has 0 aliphatic heterocycles. The first-order chi connectivity index (χ1) is 8.00. The molecular weight excluding hydrogens is 238 g/mol. The van der Waals surface area contributed by atoms with Crippen molar-refractivity contribution in [3.05, 3.63) is 17.5 Å². The molecule has 0 aromatic carbocycles. The predicted molar refractivity (Wildman–Crippen MR) is 69.5 cm³/mol. The molecule has 0 fully saturated rings. The zero-order valence-electron chi connectivity index (χ0n) is 10.9. The lowest BCUT2D eigenvalue weighted by Crippen LogP contribution is -2.39. The Hall–Kier alpha value is -0.870. The molecule has 0 aliphatic rings. The van der Waals surface area contributed by atoms with Gasteiger partial charge in [0.1, 0.15) is 18.1 Å². The number of ether oxygens (including phenoxy) is 1. The second kappa shape index (κ2) is 6.77. The molecule has 0 amide bonds. The number of nitrogens with zero attached hydrogens (tertiary/aromatic N) is 3. The van der Waals surface area contributed by atoms with Crippen molar-refractivity contribution in [3.8, 4) is 5.88 Å². The Bertz CT molecular complexity index is 336. The quantitative estimate of drug-likeness (QED) is 0.735. The Morgan fingerprint density at radius 2 is 1.88 bits per heavy atom. The van der Waals surface area contributed by atoms with Crippen molar-refractivity contribution >= 4 is 11.6 Å².